The second kappa shape index (κ2) is 20.4. The van der Waals surface area contributed by atoms with Gasteiger partial charge in [-0.2, -0.15) is 0 Å². The molecule has 0 spiro atoms. The number of nitrogens with zero attached hydrogens (tertiary/aromatic N) is 2. The molecule has 6 rings (SSSR count). The Hall–Kier alpha value is -5.11. The standard InChI is InChI=1S/2C23H22FNO3.Ac/c2*1-15(2)25-20-7-5-4-6-19(20)23(16-8-10-17(24)11-9-16)21(25)13-12-18(26)14-22(27)28-3;/h4-13,15H,14H2,1-3H3;4-15,26H,1-3H3;/b13-12+;13-12+,18-14-;. The number of hydrogen-bond donors (Lipinski definition) is 1. The minimum absolute atomic E-state index is 0. The molecule has 6 aromatic rings. The van der Waals surface area contributed by atoms with Gasteiger partial charge in [-0.25, -0.2) is 13.6 Å². The van der Waals surface area contributed by atoms with Crippen LogP contribution in [0.3, 0.4) is 0 Å². The van der Waals surface area contributed by atoms with Crippen LogP contribution in [0.4, 0.5) is 8.78 Å². The van der Waals surface area contributed by atoms with E-state index in [2.05, 4.69) is 46.3 Å². The number of allylic oxidation sites excluding steroid dienone is 2. The summed E-state index contributed by atoms with van der Waals surface area (Å²) >= 11 is 0. The van der Waals surface area contributed by atoms with Gasteiger partial charge < -0.3 is 23.7 Å². The Morgan fingerprint density at radius 3 is 1.47 bits per heavy atom. The molecule has 2 heterocycles. The Balaban J connectivity index is 0.000000248. The molecule has 291 valence electrons. The number of benzene rings is 4. The van der Waals surface area contributed by atoms with Crippen LogP contribution < -0.4 is 0 Å². The van der Waals surface area contributed by atoms with E-state index in [1.807, 2.05) is 48.5 Å². The maximum atomic E-state index is 13.5. The molecule has 0 atom stereocenters. The molecule has 0 aliphatic heterocycles. The van der Waals surface area contributed by atoms with Crippen molar-refractivity contribution < 1.29 is 81.8 Å². The van der Waals surface area contributed by atoms with Gasteiger partial charge in [0.1, 0.15) is 23.8 Å². The zero-order chi connectivity index (χ0) is 40.5. The van der Waals surface area contributed by atoms with E-state index in [-0.39, 0.29) is 85.7 Å². The fourth-order valence-electron chi connectivity index (χ4n) is 6.68. The van der Waals surface area contributed by atoms with Crippen molar-refractivity contribution in [2.45, 2.75) is 46.2 Å². The van der Waals surface area contributed by atoms with Crippen LogP contribution in [0.2, 0.25) is 0 Å². The van der Waals surface area contributed by atoms with Crippen LogP contribution in [0, 0.1) is 55.7 Å². The maximum Gasteiger partial charge on any atom is 0.334 e. The van der Waals surface area contributed by atoms with Crippen molar-refractivity contribution in [2.75, 3.05) is 14.2 Å². The number of halogens is 2. The number of rotatable bonds is 11. The van der Waals surface area contributed by atoms with E-state index in [4.69, 9.17) is 0 Å². The SMILES string of the molecule is COC(=O)/C=C(O)/C=C/c1c(-c2ccc(F)cc2)c2ccccc2n1C(C)C.COC(=O)CC(=O)/C=C/c1c(-c2ccc(F)cc2)c2ccccc2n1C(C)C.[Ac]. The molecule has 0 aliphatic rings. The Morgan fingerprint density at radius 2 is 1.07 bits per heavy atom. The molecular weight excluding hydrogens is 942 g/mol. The third-order valence-corrected chi connectivity index (χ3v) is 9.05. The summed E-state index contributed by atoms with van der Waals surface area (Å²) in [5, 5.41) is 12.1. The number of carbonyl (C=O) groups excluding carboxylic acids is 3. The van der Waals surface area contributed by atoms with Crippen LogP contribution in [0.15, 0.2) is 121 Å². The molecule has 0 amide bonds. The number of ether oxygens (including phenoxy) is 2. The van der Waals surface area contributed by atoms with Crippen LogP contribution >= 0.6 is 0 Å². The summed E-state index contributed by atoms with van der Waals surface area (Å²) in [5.74, 6) is -2.35. The second-order valence-electron chi connectivity index (χ2n) is 13.5. The molecule has 0 fully saturated rings. The summed E-state index contributed by atoms with van der Waals surface area (Å²) in [6, 6.07) is 28.9. The molecule has 0 saturated carbocycles. The zero-order valence-electron chi connectivity index (χ0n) is 32.7. The molecule has 11 heteroatoms. The normalized spacial score (nSPS) is 11.6. The Labute approximate surface area is 366 Å². The molecule has 57 heavy (non-hydrogen) atoms. The van der Waals surface area contributed by atoms with Crippen LogP contribution in [0.1, 0.15) is 57.6 Å². The molecule has 0 bridgehead atoms. The monoisotopic (exact) mass is 985 g/mol. The topological polar surface area (TPSA) is 99.8 Å². The fourth-order valence-corrected chi connectivity index (χ4v) is 6.68. The largest absolute Gasteiger partial charge is 0.508 e. The summed E-state index contributed by atoms with van der Waals surface area (Å²) in [7, 11) is 2.50. The summed E-state index contributed by atoms with van der Waals surface area (Å²) in [6.45, 7) is 8.27. The number of aliphatic hydroxyl groups is 1. The van der Waals surface area contributed by atoms with Gasteiger partial charge in [0, 0.05) is 89.1 Å². The first-order valence-electron chi connectivity index (χ1n) is 18.1. The van der Waals surface area contributed by atoms with Crippen LogP contribution in [-0.2, 0) is 23.9 Å². The van der Waals surface area contributed by atoms with Gasteiger partial charge in [0.25, 0.3) is 0 Å². The van der Waals surface area contributed by atoms with Gasteiger partial charge >= 0.3 is 11.9 Å². The second-order valence-corrected chi connectivity index (χ2v) is 13.5. The van der Waals surface area contributed by atoms with Crippen molar-refractivity contribution in [2.24, 2.45) is 0 Å². The molecule has 0 saturated heterocycles. The number of methoxy groups -OCH3 is 2. The number of ketones is 1. The average Bonchev–Trinajstić information content (AvgIpc) is 3.70. The number of carbonyl (C=O) groups is 3. The smallest absolute Gasteiger partial charge is 0.334 e. The van der Waals surface area contributed by atoms with E-state index in [1.165, 1.54) is 50.6 Å². The first kappa shape index (κ1) is 44.6. The van der Waals surface area contributed by atoms with Crippen molar-refractivity contribution in [3.63, 3.8) is 0 Å². The number of hydrogen-bond acceptors (Lipinski definition) is 6. The summed E-state index contributed by atoms with van der Waals surface area (Å²) in [6.07, 6.45) is 7.04. The first-order chi connectivity index (χ1) is 26.8. The Bertz CT molecular complexity index is 2460. The Morgan fingerprint density at radius 1 is 0.649 bits per heavy atom. The van der Waals surface area contributed by atoms with Gasteiger partial charge in [-0.05, 0) is 99.5 Å². The molecule has 2 aromatic heterocycles. The predicted octanol–water partition coefficient (Wildman–Crippen LogP) is 10.8. The Kier molecular flexibility index (Phi) is 15.9. The summed E-state index contributed by atoms with van der Waals surface area (Å²) in [4.78, 5) is 34.8. The first-order valence-corrected chi connectivity index (χ1v) is 18.1. The molecule has 1 N–H and O–H groups in total. The van der Waals surface area contributed by atoms with Crippen molar-refractivity contribution in [1.82, 2.24) is 9.13 Å². The number of para-hydroxylation sites is 2. The fraction of sp³-hybridized carbons (Fsp3) is 0.196. The molecule has 1 radical (unpaired) electrons. The van der Waals surface area contributed by atoms with Crippen LogP contribution in [0.5, 0.6) is 0 Å². The average molecular weight is 986 g/mol. The molecular formula is C46H44AcF2N2O6. The van der Waals surface area contributed by atoms with E-state index in [1.54, 1.807) is 36.4 Å². The number of fused-ring (bicyclic) bond motifs is 2. The minimum atomic E-state index is -0.634. The number of aromatic nitrogens is 2. The maximum absolute atomic E-state index is 13.5. The van der Waals surface area contributed by atoms with Crippen molar-refractivity contribution in [3.05, 3.63) is 144 Å². The van der Waals surface area contributed by atoms with E-state index >= 15 is 0 Å². The van der Waals surface area contributed by atoms with E-state index in [0.29, 0.717) is 0 Å². The summed E-state index contributed by atoms with van der Waals surface area (Å²) in [5.41, 5.74) is 7.33. The number of aliphatic hydroxyl groups excluding tert-OH is 1. The quantitative estimate of drug-likeness (QED) is 0.0456. The van der Waals surface area contributed by atoms with Gasteiger partial charge in [0.2, 0.25) is 0 Å². The molecule has 8 nitrogen and oxygen atoms in total. The third-order valence-electron chi connectivity index (χ3n) is 9.05. The van der Waals surface area contributed by atoms with Gasteiger partial charge in [-0.15, -0.1) is 0 Å². The van der Waals surface area contributed by atoms with E-state index < -0.39 is 11.9 Å². The van der Waals surface area contributed by atoms with Crippen molar-refractivity contribution in [3.8, 4) is 22.3 Å². The van der Waals surface area contributed by atoms with Gasteiger partial charge in [-0.1, -0.05) is 60.7 Å². The van der Waals surface area contributed by atoms with E-state index in [0.717, 1.165) is 61.5 Å². The predicted molar refractivity (Wildman–Crippen MR) is 218 cm³/mol. The molecule has 4 aromatic carbocycles. The van der Waals surface area contributed by atoms with Gasteiger partial charge in [0.05, 0.1) is 31.7 Å². The molecule has 0 aliphatic carbocycles. The zero-order valence-corrected chi connectivity index (χ0v) is 37.4. The van der Waals surface area contributed by atoms with Crippen molar-refractivity contribution in [1.29, 1.82) is 0 Å². The summed E-state index contributed by atoms with van der Waals surface area (Å²) < 4.78 is 40.3. The number of esters is 2. The van der Waals surface area contributed by atoms with Gasteiger partial charge in [0.15, 0.2) is 5.78 Å². The van der Waals surface area contributed by atoms with Crippen LogP contribution in [-0.4, -0.2) is 46.2 Å². The van der Waals surface area contributed by atoms with Gasteiger partial charge in [-0.3, -0.25) is 9.59 Å². The van der Waals surface area contributed by atoms with Crippen LogP contribution in [0.25, 0.3) is 56.2 Å². The minimum Gasteiger partial charge on any atom is -0.508 e. The third kappa shape index (κ3) is 10.6. The van der Waals surface area contributed by atoms with E-state index in [9.17, 15) is 28.3 Å². The van der Waals surface area contributed by atoms with Crippen molar-refractivity contribution >= 4 is 51.7 Å². The molecule has 0 unspecified atom stereocenters.